The maximum atomic E-state index is 12.1. The topological polar surface area (TPSA) is 101 Å². The van der Waals surface area contributed by atoms with Gasteiger partial charge < -0.3 is 20.3 Å². The summed E-state index contributed by atoms with van der Waals surface area (Å²) < 4.78 is 1.93. The van der Waals surface area contributed by atoms with Crippen molar-refractivity contribution in [1.29, 1.82) is 0 Å². The molecule has 4 rings (SSSR count). The van der Waals surface area contributed by atoms with Gasteiger partial charge in [0.25, 0.3) is 11.8 Å². The predicted molar refractivity (Wildman–Crippen MR) is 108 cm³/mol. The van der Waals surface area contributed by atoms with Crippen molar-refractivity contribution in [2.45, 2.75) is 44.2 Å². The van der Waals surface area contributed by atoms with E-state index in [2.05, 4.69) is 16.8 Å². The fourth-order valence-electron chi connectivity index (χ4n) is 4.08. The Morgan fingerprint density at radius 3 is 2.90 bits per heavy atom. The number of likely N-dealkylation sites (N-methyl/N-ethyl adjacent to an activating group) is 1. The van der Waals surface area contributed by atoms with Crippen LogP contribution in [0.25, 0.3) is 11.3 Å². The number of amides is 2. The maximum Gasteiger partial charge on any atom is 0.284 e. The van der Waals surface area contributed by atoms with Gasteiger partial charge in [-0.1, -0.05) is 24.0 Å². The predicted octanol–water partition coefficient (Wildman–Crippen LogP) is 1.32. The van der Waals surface area contributed by atoms with E-state index in [-0.39, 0.29) is 12.3 Å². The number of hydrogen-bond donors (Lipinski definition) is 2. The molecule has 0 saturated carbocycles. The summed E-state index contributed by atoms with van der Waals surface area (Å²) in [6.45, 7) is 1.29. The minimum atomic E-state index is -1.39. The number of carbonyl (C=O) groups is 2. The quantitative estimate of drug-likeness (QED) is 0.769. The highest BCUT2D eigenvalue weighted by Crippen LogP contribution is 2.29. The molecule has 29 heavy (non-hydrogen) atoms. The van der Waals surface area contributed by atoms with E-state index in [4.69, 9.17) is 5.73 Å². The van der Waals surface area contributed by atoms with Gasteiger partial charge in [0.05, 0.1) is 5.69 Å². The third-order valence-corrected chi connectivity index (χ3v) is 5.69. The number of imidazole rings is 1. The summed E-state index contributed by atoms with van der Waals surface area (Å²) in [5.41, 5.74) is 7.58. The lowest BCUT2D eigenvalue weighted by Gasteiger charge is -2.17. The summed E-state index contributed by atoms with van der Waals surface area (Å²) in [6, 6.07) is 7.63. The van der Waals surface area contributed by atoms with Crippen molar-refractivity contribution in [3.63, 3.8) is 0 Å². The number of nitrogens with two attached hydrogens (primary N) is 1. The first-order chi connectivity index (χ1) is 13.9. The van der Waals surface area contributed by atoms with E-state index < -0.39 is 11.5 Å². The van der Waals surface area contributed by atoms with Gasteiger partial charge in [-0.05, 0) is 31.4 Å². The van der Waals surface area contributed by atoms with Gasteiger partial charge >= 0.3 is 0 Å². The summed E-state index contributed by atoms with van der Waals surface area (Å²) in [4.78, 5) is 29.9. The van der Waals surface area contributed by atoms with Gasteiger partial charge in [-0.25, -0.2) is 4.98 Å². The van der Waals surface area contributed by atoms with Gasteiger partial charge in [0.2, 0.25) is 0 Å². The molecule has 1 aromatic heterocycles. The Morgan fingerprint density at radius 2 is 2.17 bits per heavy atom. The van der Waals surface area contributed by atoms with Crippen molar-refractivity contribution in [2.24, 2.45) is 5.73 Å². The number of primary amides is 1. The number of fused-ring (bicyclic) bond motifs is 1. The Kier molecular flexibility index (Phi) is 4.89. The summed E-state index contributed by atoms with van der Waals surface area (Å²) in [7, 11) is 1.68. The van der Waals surface area contributed by atoms with Crippen LogP contribution in [0.2, 0.25) is 0 Å². The number of carbonyl (C=O) groups excluding carboxylic acids is 2. The Labute approximate surface area is 169 Å². The van der Waals surface area contributed by atoms with E-state index in [1.807, 2.05) is 28.8 Å². The van der Waals surface area contributed by atoms with Crippen LogP contribution < -0.4 is 5.73 Å². The second-order valence-corrected chi connectivity index (χ2v) is 7.77. The number of aliphatic hydroxyl groups is 1. The zero-order chi connectivity index (χ0) is 20.6. The second-order valence-electron chi connectivity index (χ2n) is 7.77. The highest BCUT2D eigenvalue weighted by molar-refractivity contribution is 5.90. The Bertz CT molecular complexity index is 1050. The van der Waals surface area contributed by atoms with E-state index in [0.717, 1.165) is 48.3 Å². The summed E-state index contributed by atoms with van der Waals surface area (Å²) in [5, 5.41) is 10.5. The van der Waals surface area contributed by atoms with E-state index >= 15 is 0 Å². The number of nitrogens with zero attached hydrogens (tertiary/aromatic N) is 3. The lowest BCUT2D eigenvalue weighted by molar-refractivity contribution is -0.141. The van der Waals surface area contributed by atoms with E-state index in [9.17, 15) is 14.7 Å². The zero-order valence-electron chi connectivity index (χ0n) is 16.4. The molecular weight excluding hydrogens is 368 g/mol. The average molecular weight is 392 g/mol. The molecule has 150 valence electrons. The molecule has 0 radical (unpaired) electrons. The van der Waals surface area contributed by atoms with Crippen molar-refractivity contribution in [3.8, 4) is 23.1 Å². The molecule has 0 aliphatic carbocycles. The molecule has 2 aliphatic heterocycles. The highest BCUT2D eigenvalue weighted by atomic mass is 16.3. The fraction of sp³-hybridized carbons (Fsp3) is 0.409. The molecule has 3 N–H and O–H groups in total. The average Bonchev–Trinajstić information content (AvgIpc) is 3.22. The van der Waals surface area contributed by atoms with Crippen molar-refractivity contribution in [1.82, 2.24) is 14.5 Å². The molecule has 0 spiro atoms. The molecule has 1 atom stereocenters. The van der Waals surface area contributed by atoms with Crippen LogP contribution in [0, 0.1) is 11.8 Å². The largest absolute Gasteiger partial charge is 0.379 e. The normalized spacial score (nSPS) is 20.9. The SMILES string of the molecule is CN1CCC(O)(CC#Cc2cccc(-c3nc(C(N)=O)n4c3CCCC4)c2)C1=O. The minimum Gasteiger partial charge on any atom is -0.379 e. The van der Waals surface area contributed by atoms with Crippen LogP contribution in [0.5, 0.6) is 0 Å². The monoisotopic (exact) mass is 392 g/mol. The lowest BCUT2D eigenvalue weighted by Crippen LogP contribution is -2.38. The van der Waals surface area contributed by atoms with Crippen molar-refractivity contribution >= 4 is 11.8 Å². The van der Waals surface area contributed by atoms with Crippen molar-refractivity contribution in [2.75, 3.05) is 13.6 Å². The van der Waals surface area contributed by atoms with Gasteiger partial charge in [0.15, 0.2) is 11.4 Å². The molecule has 2 aromatic rings. The summed E-state index contributed by atoms with van der Waals surface area (Å²) in [6.07, 6.45) is 3.41. The van der Waals surface area contributed by atoms with E-state index in [1.165, 1.54) is 4.90 Å². The molecule has 0 bridgehead atoms. The first-order valence-electron chi connectivity index (χ1n) is 9.85. The van der Waals surface area contributed by atoms with E-state index in [1.54, 1.807) is 7.05 Å². The van der Waals surface area contributed by atoms with Crippen LogP contribution in [0.4, 0.5) is 0 Å². The van der Waals surface area contributed by atoms with E-state index in [0.29, 0.717) is 18.8 Å². The Hall–Kier alpha value is -3.11. The number of likely N-dealkylation sites (tertiary alicyclic amines) is 1. The molecule has 2 aliphatic rings. The van der Waals surface area contributed by atoms with Crippen LogP contribution in [-0.2, 0) is 17.8 Å². The number of benzene rings is 1. The van der Waals surface area contributed by atoms with Crippen LogP contribution in [0.15, 0.2) is 24.3 Å². The van der Waals surface area contributed by atoms with Crippen LogP contribution >= 0.6 is 0 Å². The lowest BCUT2D eigenvalue weighted by atomic mass is 9.98. The molecule has 1 aromatic carbocycles. The zero-order valence-corrected chi connectivity index (χ0v) is 16.4. The molecule has 1 fully saturated rings. The first kappa shape index (κ1) is 19.2. The molecule has 2 amide bonds. The molecule has 1 saturated heterocycles. The number of rotatable bonds is 3. The van der Waals surface area contributed by atoms with Crippen molar-refractivity contribution in [3.05, 3.63) is 41.3 Å². The van der Waals surface area contributed by atoms with Crippen LogP contribution in [0.3, 0.4) is 0 Å². The number of aromatic nitrogens is 2. The first-order valence-corrected chi connectivity index (χ1v) is 9.85. The summed E-state index contributed by atoms with van der Waals surface area (Å²) in [5.74, 6) is 5.51. The van der Waals surface area contributed by atoms with Crippen molar-refractivity contribution < 1.29 is 14.7 Å². The molecule has 1 unspecified atom stereocenters. The Morgan fingerprint density at radius 1 is 1.34 bits per heavy atom. The molecular formula is C22H24N4O3. The number of hydrogen-bond acceptors (Lipinski definition) is 4. The molecule has 7 heteroatoms. The van der Waals surface area contributed by atoms with Gasteiger partial charge in [-0.3, -0.25) is 9.59 Å². The second kappa shape index (κ2) is 7.37. The fourth-order valence-corrected chi connectivity index (χ4v) is 4.08. The molecule has 3 heterocycles. The standard InChI is InChI=1S/C22H24N4O3/c1-25-13-11-22(29,21(25)28)10-5-7-15-6-4-8-16(14-15)18-17-9-2-3-12-26(17)20(24-18)19(23)27/h4,6,8,14,29H,2-3,9-13H2,1H3,(H2,23,27). The third-order valence-electron chi connectivity index (χ3n) is 5.69. The summed E-state index contributed by atoms with van der Waals surface area (Å²) >= 11 is 0. The van der Waals surface area contributed by atoms with Gasteiger partial charge in [0, 0.05) is 49.8 Å². The molecule has 7 nitrogen and oxygen atoms in total. The van der Waals surface area contributed by atoms with Gasteiger partial charge in [-0.15, -0.1) is 0 Å². The van der Waals surface area contributed by atoms with Gasteiger partial charge in [0.1, 0.15) is 0 Å². The third kappa shape index (κ3) is 3.52. The minimum absolute atomic E-state index is 0.103. The Balaban J connectivity index is 1.61. The van der Waals surface area contributed by atoms with Crippen LogP contribution in [-0.4, -0.2) is 50.6 Å². The van der Waals surface area contributed by atoms with Crippen LogP contribution in [0.1, 0.15) is 47.6 Å². The smallest absolute Gasteiger partial charge is 0.284 e. The maximum absolute atomic E-state index is 12.1. The highest BCUT2D eigenvalue weighted by Gasteiger charge is 2.42. The van der Waals surface area contributed by atoms with Gasteiger partial charge in [-0.2, -0.15) is 0 Å².